The number of amides is 1. The summed E-state index contributed by atoms with van der Waals surface area (Å²) in [5, 5.41) is 15.1. The summed E-state index contributed by atoms with van der Waals surface area (Å²) < 4.78 is 15.9. The molecule has 3 aromatic rings. The smallest absolute Gasteiger partial charge is 0.336 e. The number of rotatable bonds is 19. The number of fused-ring (bicyclic) bond motifs is 1. The molecule has 0 saturated carbocycles. The topological polar surface area (TPSA) is 111 Å². The molecule has 0 radical (unpaired) electrons. The van der Waals surface area contributed by atoms with Gasteiger partial charge in [0.1, 0.15) is 6.61 Å². The van der Waals surface area contributed by atoms with Crippen molar-refractivity contribution in [3.05, 3.63) is 89.0 Å². The third kappa shape index (κ3) is 11.6. The molecule has 2 N–H and O–H groups in total. The molecule has 0 heterocycles. The minimum Gasteiger partial charge on any atom is -0.479 e. The number of hydrogen-bond donors (Lipinski definition) is 2. The van der Waals surface area contributed by atoms with Gasteiger partial charge in [0.05, 0.1) is 6.61 Å². The fourth-order valence-electron chi connectivity index (χ4n) is 4.79. The molecule has 0 aromatic heterocycles. The number of aliphatic carboxylic acids is 1. The lowest BCUT2D eigenvalue weighted by atomic mass is 10.0. The van der Waals surface area contributed by atoms with Crippen LogP contribution < -0.4 is 5.32 Å². The van der Waals surface area contributed by atoms with Crippen LogP contribution in [0.1, 0.15) is 61.3 Å². The van der Waals surface area contributed by atoms with Gasteiger partial charge in [-0.2, -0.15) is 0 Å². The summed E-state index contributed by atoms with van der Waals surface area (Å²) in [4.78, 5) is 36.9. The Kier molecular flexibility index (Phi) is 14.6. The van der Waals surface area contributed by atoms with E-state index in [9.17, 15) is 19.5 Å². The number of aryl methyl sites for hydroxylation is 3. The number of unbranched alkanes of at least 4 members (excludes halogenated alkanes) is 3. The molecular formula is C36H45NO7. The lowest BCUT2D eigenvalue weighted by Gasteiger charge is -2.23. The van der Waals surface area contributed by atoms with Crippen molar-refractivity contribution < 1.29 is 33.7 Å². The second-order valence-electron chi connectivity index (χ2n) is 10.8. The Morgan fingerprint density at radius 3 is 2.41 bits per heavy atom. The Morgan fingerprint density at radius 2 is 1.66 bits per heavy atom. The van der Waals surface area contributed by atoms with E-state index in [0.29, 0.717) is 19.4 Å². The molecule has 236 valence electrons. The summed E-state index contributed by atoms with van der Waals surface area (Å²) in [6.07, 6.45) is 5.76. The van der Waals surface area contributed by atoms with Crippen molar-refractivity contribution in [2.24, 2.45) is 0 Å². The highest BCUT2D eigenvalue weighted by Gasteiger charge is 2.36. The van der Waals surface area contributed by atoms with Gasteiger partial charge in [0.15, 0.2) is 12.2 Å². The van der Waals surface area contributed by atoms with Gasteiger partial charge in [-0.3, -0.25) is 4.79 Å². The van der Waals surface area contributed by atoms with E-state index in [1.807, 2.05) is 24.3 Å². The van der Waals surface area contributed by atoms with Crippen LogP contribution in [-0.4, -0.2) is 61.5 Å². The number of esters is 1. The van der Waals surface area contributed by atoms with E-state index in [1.165, 1.54) is 27.5 Å². The highest BCUT2D eigenvalue weighted by atomic mass is 16.6. The van der Waals surface area contributed by atoms with Gasteiger partial charge in [0.2, 0.25) is 0 Å². The van der Waals surface area contributed by atoms with E-state index in [0.717, 1.165) is 31.2 Å². The summed E-state index contributed by atoms with van der Waals surface area (Å²) >= 11 is 0. The van der Waals surface area contributed by atoms with Crippen LogP contribution in [0.15, 0.2) is 66.7 Å². The molecule has 3 rings (SSSR count). The predicted octanol–water partition coefficient (Wildman–Crippen LogP) is 6.20. The maximum atomic E-state index is 13.1. The normalized spacial score (nSPS) is 12.7. The molecule has 0 fully saturated rings. The molecule has 8 heteroatoms. The molecule has 8 nitrogen and oxygen atoms in total. The summed E-state index contributed by atoms with van der Waals surface area (Å²) in [6.45, 7) is 5.85. The molecule has 0 aliphatic rings. The first-order valence-electron chi connectivity index (χ1n) is 15.4. The molecule has 0 aliphatic heterocycles. The van der Waals surface area contributed by atoms with Gasteiger partial charge in [0, 0.05) is 13.2 Å². The molecule has 0 aliphatic carbocycles. The number of carboxylic acids is 1. The van der Waals surface area contributed by atoms with Crippen LogP contribution in [-0.2, 0) is 35.0 Å². The number of nitrogens with one attached hydrogen (secondary N) is 1. The fourth-order valence-corrected chi connectivity index (χ4v) is 4.79. The Morgan fingerprint density at radius 1 is 0.864 bits per heavy atom. The zero-order valence-electron chi connectivity index (χ0n) is 26.1. The van der Waals surface area contributed by atoms with Crippen molar-refractivity contribution in [3.8, 4) is 0 Å². The first-order chi connectivity index (χ1) is 21.3. The molecule has 44 heavy (non-hydrogen) atoms. The maximum absolute atomic E-state index is 13.1. The zero-order valence-corrected chi connectivity index (χ0v) is 26.1. The second kappa shape index (κ2) is 18.6. The van der Waals surface area contributed by atoms with Gasteiger partial charge >= 0.3 is 11.9 Å². The largest absolute Gasteiger partial charge is 0.479 e. The van der Waals surface area contributed by atoms with Crippen molar-refractivity contribution in [1.29, 1.82) is 0 Å². The van der Waals surface area contributed by atoms with Crippen LogP contribution >= 0.6 is 0 Å². The van der Waals surface area contributed by atoms with Gasteiger partial charge in [-0.1, -0.05) is 79.2 Å². The number of carbonyl (C=O) groups is 3. The second-order valence-corrected chi connectivity index (χ2v) is 10.8. The van der Waals surface area contributed by atoms with Gasteiger partial charge in [-0.05, 0) is 85.9 Å². The lowest BCUT2D eigenvalue weighted by Crippen LogP contribution is -2.49. The first-order valence-corrected chi connectivity index (χ1v) is 15.4. The molecule has 3 aromatic carbocycles. The minimum absolute atomic E-state index is 0.136. The number of allylic oxidation sites excluding steroid dienone is 1. The number of benzene rings is 3. The summed E-state index contributed by atoms with van der Waals surface area (Å²) in [5.74, 6) is -2.68. The zero-order chi connectivity index (χ0) is 31.7. The van der Waals surface area contributed by atoms with E-state index in [4.69, 9.17) is 14.2 Å². The SMILES string of the molecule is CCOC(=O)CO[C@@H](C(=O)O)[C@@H](OCCC/C=C/c1ccc(C)c(C)c1)C(=O)NCCCCCc1ccc2ccccc2c1. The minimum atomic E-state index is -1.65. The Labute approximate surface area is 260 Å². The maximum Gasteiger partial charge on any atom is 0.336 e. The number of hydrogen-bond acceptors (Lipinski definition) is 6. The highest BCUT2D eigenvalue weighted by molar-refractivity contribution is 5.88. The van der Waals surface area contributed by atoms with Crippen LogP contribution in [0, 0.1) is 13.8 Å². The average Bonchev–Trinajstić information content (AvgIpc) is 3.01. The fraction of sp³-hybridized carbons (Fsp3) is 0.417. The van der Waals surface area contributed by atoms with E-state index < -0.39 is 36.7 Å². The van der Waals surface area contributed by atoms with Crippen LogP contribution in [0.25, 0.3) is 16.8 Å². The van der Waals surface area contributed by atoms with Crippen LogP contribution in [0.5, 0.6) is 0 Å². The number of carbonyl (C=O) groups excluding carboxylic acids is 2. The predicted molar refractivity (Wildman–Crippen MR) is 172 cm³/mol. The van der Waals surface area contributed by atoms with Crippen molar-refractivity contribution in [3.63, 3.8) is 0 Å². The van der Waals surface area contributed by atoms with E-state index in [1.54, 1.807) is 6.92 Å². The number of carboxylic acid groups (broad SMARTS) is 1. The van der Waals surface area contributed by atoms with E-state index >= 15 is 0 Å². The molecule has 2 atom stereocenters. The summed E-state index contributed by atoms with van der Waals surface area (Å²) in [6, 6.07) is 21.0. The summed E-state index contributed by atoms with van der Waals surface area (Å²) in [7, 11) is 0. The van der Waals surface area contributed by atoms with Crippen molar-refractivity contribution in [2.45, 2.75) is 71.5 Å². The third-order valence-corrected chi connectivity index (χ3v) is 7.37. The van der Waals surface area contributed by atoms with Gasteiger partial charge in [0.25, 0.3) is 5.91 Å². The molecule has 0 bridgehead atoms. The van der Waals surface area contributed by atoms with Crippen LogP contribution in [0.4, 0.5) is 0 Å². The highest BCUT2D eigenvalue weighted by Crippen LogP contribution is 2.17. The summed E-state index contributed by atoms with van der Waals surface area (Å²) in [5.41, 5.74) is 4.82. The van der Waals surface area contributed by atoms with Gasteiger partial charge < -0.3 is 24.6 Å². The third-order valence-electron chi connectivity index (χ3n) is 7.37. The Bertz CT molecular complexity index is 1400. The van der Waals surface area contributed by atoms with E-state index in [-0.39, 0.29) is 13.2 Å². The Hall–Kier alpha value is -4.01. The quantitative estimate of drug-likeness (QED) is 0.124. The standard InChI is InChI=1S/C36H45NO7/c1-4-42-32(38)25-44-34(36(40)41)33(43-22-12-6-8-13-28-18-17-26(2)27(3)23-28)35(39)37-21-11-5-7-14-29-19-20-30-15-9-10-16-31(30)24-29/h8-10,13,15-20,23-24,33-34H,4-7,11-12,14,21-22,25H2,1-3H3,(H,37,39)(H,40,41)/b13-8+/t33-,34-/m1/s1. The average molecular weight is 604 g/mol. The van der Waals surface area contributed by atoms with E-state index in [2.05, 4.69) is 67.7 Å². The molecule has 0 saturated heterocycles. The van der Waals surface area contributed by atoms with Gasteiger partial charge in [-0.25, -0.2) is 9.59 Å². The molecule has 0 unspecified atom stereocenters. The van der Waals surface area contributed by atoms with Crippen molar-refractivity contribution >= 4 is 34.7 Å². The van der Waals surface area contributed by atoms with Crippen molar-refractivity contribution in [1.82, 2.24) is 5.32 Å². The molecule has 0 spiro atoms. The van der Waals surface area contributed by atoms with Gasteiger partial charge in [-0.15, -0.1) is 0 Å². The van der Waals surface area contributed by atoms with Crippen LogP contribution in [0.3, 0.4) is 0 Å². The lowest BCUT2D eigenvalue weighted by molar-refractivity contribution is -0.174. The first kappa shape index (κ1) is 34.5. The molecule has 1 amide bonds. The monoisotopic (exact) mass is 603 g/mol. The Balaban J connectivity index is 1.48. The van der Waals surface area contributed by atoms with Crippen molar-refractivity contribution in [2.75, 3.05) is 26.4 Å². The van der Waals surface area contributed by atoms with Crippen LogP contribution in [0.2, 0.25) is 0 Å². The number of ether oxygens (including phenoxy) is 3. The molecular weight excluding hydrogens is 558 g/mol.